The van der Waals surface area contributed by atoms with Crippen molar-refractivity contribution in [2.45, 2.75) is 45.4 Å². The van der Waals surface area contributed by atoms with E-state index in [-0.39, 0.29) is 18.5 Å². The lowest BCUT2D eigenvalue weighted by molar-refractivity contribution is 0.487. The van der Waals surface area contributed by atoms with Gasteiger partial charge in [-0.05, 0) is 188 Å². The van der Waals surface area contributed by atoms with Crippen LogP contribution in [0.4, 0.5) is 0 Å². The Bertz CT molecular complexity index is 5540. The molecule has 8 bridgehead atoms. The first kappa shape index (κ1) is 50.9. The Morgan fingerprint density at radius 3 is 1.07 bits per heavy atom. The van der Waals surface area contributed by atoms with Crippen molar-refractivity contribution < 1.29 is 4.74 Å². The third-order valence-corrected chi connectivity index (χ3v) is 21.2. The molecule has 4 aromatic heterocycles. The van der Waals surface area contributed by atoms with Gasteiger partial charge in [0.25, 0.3) is 6.71 Å². The molecule has 0 amide bonds. The number of hydrogen-bond acceptors (Lipinski definition) is 1. The summed E-state index contributed by atoms with van der Waals surface area (Å²) in [6.45, 7) is 9.49. The van der Waals surface area contributed by atoms with E-state index in [9.17, 15) is 0 Å². The SMILES string of the molecule is CC(C)c1cc2c3c(c1)C(C)c1ccc4c5cc(-c6ccc(-n7c8ccccc8c8ccccc87)cc6)ccc5n(c4c1)-c1ccc4c(c1)B3c1cc(ccc1O4)-n1c3ccc(-c4ccc(-n5c6ccccc6c6ccccc65)cc4)cc3c3ccc(cc31)C2C. The molecule has 0 radical (unpaired) electrons. The fourth-order valence-corrected chi connectivity index (χ4v) is 16.6. The van der Waals surface area contributed by atoms with Gasteiger partial charge in [0, 0.05) is 77.7 Å². The number of rotatable bonds is 5. The molecule has 5 nitrogen and oxygen atoms in total. The van der Waals surface area contributed by atoms with Crippen LogP contribution in [0.15, 0.2) is 267 Å². The van der Waals surface area contributed by atoms with Crippen molar-refractivity contribution in [3.63, 3.8) is 0 Å². The zero-order valence-corrected chi connectivity index (χ0v) is 50.9. The standard InChI is InChI=1S/C85H59BN4O/c1-49(2)58-43-69-50(3)54-25-35-67-71-41-56(52-21-29-59(30-22-52)87-75-17-9-5-13-63(75)64-14-6-10-18-76(64)87)27-37-79(71)89(81(67)45-54)61-33-39-83-73(47-61)86-74-48-62(34-40-84(74)91-83)90-80-38-28-57(42-72(80)68-36-26-55(46-82(68)90)51(4)70(44-58)85(69)86)53-23-31-60(32-24-53)88-77-19-11-7-15-65(77)66-16-8-12-20-78(66)88/h5-51H,1-4H3. The van der Waals surface area contributed by atoms with Gasteiger partial charge >= 0.3 is 0 Å². The summed E-state index contributed by atoms with van der Waals surface area (Å²) in [7, 11) is 0. The maximum Gasteiger partial charge on any atom is 0.251 e. The van der Waals surface area contributed by atoms with Crippen LogP contribution in [-0.2, 0) is 0 Å². The molecule has 2 atom stereocenters. The highest BCUT2D eigenvalue weighted by Gasteiger charge is 2.40. The van der Waals surface area contributed by atoms with Gasteiger partial charge in [0.1, 0.15) is 11.5 Å². The zero-order chi connectivity index (χ0) is 60.1. The maximum absolute atomic E-state index is 7.22. The van der Waals surface area contributed by atoms with Crippen LogP contribution in [0.5, 0.6) is 11.5 Å². The molecule has 0 fully saturated rings. The van der Waals surface area contributed by atoms with Gasteiger partial charge in [-0.1, -0.05) is 179 Å². The van der Waals surface area contributed by atoms with Gasteiger partial charge in [0.15, 0.2) is 0 Å². The number of benzene rings is 13. The molecule has 0 N–H and O–H groups in total. The van der Waals surface area contributed by atoms with Crippen LogP contribution in [0.2, 0.25) is 0 Å². The van der Waals surface area contributed by atoms with Crippen LogP contribution in [0, 0.1) is 0 Å². The Balaban J connectivity index is 0.747. The van der Waals surface area contributed by atoms with Gasteiger partial charge < -0.3 is 23.0 Å². The molecule has 0 aliphatic carbocycles. The average molecular weight is 1160 g/mol. The molecule has 17 aromatic rings. The minimum absolute atomic E-state index is 0.0675. The van der Waals surface area contributed by atoms with Crippen molar-refractivity contribution in [1.29, 1.82) is 0 Å². The number of aromatic nitrogens is 4. The van der Waals surface area contributed by atoms with E-state index in [2.05, 4.69) is 313 Å². The van der Waals surface area contributed by atoms with Crippen LogP contribution in [0.1, 0.15) is 73.3 Å². The largest absolute Gasteiger partial charge is 0.458 e. The van der Waals surface area contributed by atoms with Crippen LogP contribution >= 0.6 is 0 Å². The summed E-state index contributed by atoms with van der Waals surface area (Å²) in [4.78, 5) is 0. The lowest BCUT2D eigenvalue weighted by Gasteiger charge is -2.33. The van der Waals surface area contributed by atoms with E-state index in [0.29, 0.717) is 5.92 Å². The van der Waals surface area contributed by atoms with E-state index in [1.165, 1.54) is 154 Å². The number of para-hydroxylation sites is 4. The van der Waals surface area contributed by atoms with Crippen molar-refractivity contribution in [1.82, 2.24) is 18.3 Å². The summed E-state index contributed by atoms with van der Waals surface area (Å²) >= 11 is 0. The number of nitrogens with zero attached hydrogens (tertiary/aromatic N) is 4. The summed E-state index contributed by atoms with van der Waals surface area (Å²) in [5.74, 6) is 2.27. The summed E-state index contributed by atoms with van der Waals surface area (Å²) in [5.41, 5.74) is 29.5. The summed E-state index contributed by atoms with van der Waals surface area (Å²) in [6, 6.07) is 101. The van der Waals surface area contributed by atoms with Crippen molar-refractivity contribution >= 4 is 110 Å². The second-order valence-electron chi connectivity index (χ2n) is 26.2. The lowest BCUT2D eigenvalue weighted by atomic mass is 9.33. The predicted octanol–water partition coefficient (Wildman–Crippen LogP) is 20.1. The van der Waals surface area contributed by atoms with Gasteiger partial charge in [-0.25, -0.2) is 0 Å². The Morgan fingerprint density at radius 2 is 0.659 bits per heavy atom. The van der Waals surface area contributed by atoms with Crippen molar-refractivity contribution in [2.75, 3.05) is 0 Å². The second kappa shape index (κ2) is 18.7. The van der Waals surface area contributed by atoms with Crippen LogP contribution in [0.3, 0.4) is 0 Å². The smallest absolute Gasteiger partial charge is 0.251 e. The highest BCUT2D eigenvalue weighted by molar-refractivity contribution is 6.97. The Labute approximate surface area is 526 Å². The zero-order valence-electron chi connectivity index (χ0n) is 50.9. The third-order valence-electron chi connectivity index (χ3n) is 21.2. The second-order valence-corrected chi connectivity index (χ2v) is 26.2. The molecule has 0 saturated heterocycles. The molecular formula is C85H59BN4O. The van der Waals surface area contributed by atoms with E-state index in [0.717, 1.165) is 34.2 Å². The molecule has 20 rings (SSSR count). The summed E-state index contributed by atoms with van der Waals surface area (Å²) < 4.78 is 17.1. The fourth-order valence-electron chi connectivity index (χ4n) is 16.6. The molecule has 91 heavy (non-hydrogen) atoms. The molecule has 3 aliphatic heterocycles. The quantitative estimate of drug-likeness (QED) is 0.158. The molecule has 3 aliphatic rings. The summed E-state index contributed by atoms with van der Waals surface area (Å²) in [6.07, 6.45) is 0. The first-order chi connectivity index (χ1) is 44.8. The van der Waals surface area contributed by atoms with E-state index in [4.69, 9.17) is 4.74 Å². The fraction of sp³-hybridized carbons (Fsp3) is 0.0824. The van der Waals surface area contributed by atoms with Gasteiger partial charge in [-0.15, -0.1) is 0 Å². The van der Waals surface area contributed by atoms with E-state index in [1.54, 1.807) is 0 Å². The molecule has 13 aromatic carbocycles. The van der Waals surface area contributed by atoms with Crippen LogP contribution in [-0.4, -0.2) is 25.0 Å². The van der Waals surface area contributed by atoms with Crippen molar-refractivity contribution in [2.24, 2.45) is 0 Å². The maximum atomic E-state index is 7.22. The number of fused-ring (bicyclic) bond motifs is 18. The first-order valence-electron chi connectivity index (χ1n) is 32.2. The molecule has 428 valence electrons. The number of hydrogen-bond donors (Lipinski definition) is 0. The summed E-state index contributed by atoms with van der Waals surface area (Å²) in [5, 5.41) is 10.0. The molecule has 2 unspecified atom stereocenters. The van der Waals surface area contributed by atoms with E-state index < -0.39 is 0 Å². The minimum Gasteiger partial charge on any atom is -0.458 e. The molecule has 0 spiro atoms. The normalized spacial score (nSPS) is 14.8. The average Bonchev–Trinajstić information content (AvgIpc) is 1.68. The van der Waals surface area contributed by atoms with Crippen molar-refractivity contribution in [3.05, 3.63) is 295 Å². The van der Waals surface area contributed by atoms with E-state index in [1.807, 2.05) is 0 Å². The van der Waals surface area contributed by atoms with Crippen molar-refractivity contribution in [3.8, 4) is 56.5 Å². The Kier molecular flexibility index (Phi) is 10.5. The van der Waals surface area contributed by atoms with Gasteiger partial charge in [0.05, 0.1) is 44.1 Å². The lowest BCUT2D eigenvalue weighted by Crippen LogP contribution is -2.57. The topological polar surface area (TPSA) is 28.9 Å². The number of ether oxygens (including phenoxy) is 1. The molecular weight excluding hydrogens is 1100 g/mol. The molecule has 7 heterocycles. The third kappa shape index (κ3) is 7.19. The predicted molar refractivity (Wildman–Crippen MR) is 381 cm³/mol. The monoisotopic (exact) mass is 1160 g/mol. The van der Waals surface area contributed by atoms with Gasteiger partial charge in [-0.3, -0.25) is 0 Å². The minimum atomic E-state index is -0.133. The van der Waals surface area contributed by atoms with Crippen LogP contribution < -0.4 is 21.1 Å². The van der Waals surface area contributed by atoms with Gasteiger partial charge in [0.2, 0.25) is 0 Å². The molecule has 0 saturated carbocycles. The van der Waals surface area contributed by atoms with Crippen LogP contribution in [0.25, 0.3) is 132 Å². The molecule has 6 heteroatoms. The Morgan fingerprint density at radius 1 is 0.308 bits per heavy atom. The highest BCUT2D eigenvalue weighted by atomic mass is 16.5. The highest BCUT2D eigenvalue weighted by Crippen LogP contribution is 2.45. The van der Waals surface area contributed by atoms with Gasteiger partial charge in [-0.2, -0.15) is 0 Å². The Hall–Kier alpha value is -11.1. The van der Waals surface area contributed by atoms with E-state index >= 15 is 0 Å². The first-order valence-corrected chi connectivity index (χ1v) is 32.2.